The van der Waals surface area contributed by atoms with Crippen LogP contribution in [0.2, 0.25) is 5.02 Å². The first-order chi connectivity index (χ1) is 9.83. The van der Waals surface area contributed by atoms with Crippen molar-refractivity contribution >= 4 is 52.2 Å². The third kappa shape index (κ3) is 6.82. The Morgan fingerprint density at radius 2 is 1.67 bits per heavy atom. The minimum atomic E-state index is -2.20. The van der Waals surface area contributed by atoms with E-state index in [2.05, 4.69) is 26.0 Å². The van der Waals surface area contributed by atoms with Gasteiger partial charge >= 0.3 is 0 Å². The first-order valence-corrected chi connectivity index (χ1v) is 12.4. The smallest absolute Gasteiger partial charge is 0.248 e. The van der Waals surface area contributed by atoms with Gasteiger partial charge in [0, 0.05) is 14.9 Å². The average molecular weight is 385 g/mol. The predicted molar refractivity (Wildman–Crippen MR) is 102 cm³/mol. The molecule has 0 aliphatic rings. The Morgan fingerprint density at radius 3 is 2.14 bits per heavy atom. The molecule has 0 N–H and O–H groups in total. The molecular formula is C14H22ClO2PS3. The predicted octanol–water partition coefficient (Wildman–Crippen LogP) is 6.30. The van der Waals surface area contributed by atoms with E-state index in [1.165, 1.54) is 5.56 Å². The summed E-state index contributed by atoms with van der Waals surface area (Å²) in [7, 11) is 0. The Hall–Kier alpha value is 0.780. The van der Waals surface area contributed by atoms with Gasteiger partial charge in [0.15, 0.2) is 0 Å². The van der Waals surface area contributed by atoms with Gasteiger partial charge in [-0.3, -0.25) is 0 Å². The summed E-state index contributed by atoms with van der Waals surface area (Å²) in [6.07, 6.45) is 0. The Kier molecular flexibility index (Phi) is 8.65. The van der Waals surface area contributed by atoms with Gasteiger partial charge in [0.2, 0.25) is 5.69 Å². The van der Waals surface area contributed by atoms with Gasteiger partial charge in [0.05, 0.1) is 13.2 Å². The molecule has 0 heterocycles. The van der Waals surface area contributed by atoms with Gasteiger partial charge in [0.25, 0.3) is 0 Å². The minimum absolute atomic E-state index is 0.00379. The quantitative estimate of drug-likeness (QED) is 0.366. The lowest BCUT2D eigenvalue weighted by Crippen LogP contribution is -2.12. The lowest BCUT2D eigenvalue weighted by Gasteiger charge is -2.26. The highest BCUT2D eigenvalue weighted by molar-refractivity contribution is 8.69. The van der Waals surface area contributed by atoms with Crippen molar-refractivity contribution in [3.63, 3.8) is 0 Å². The molecule has 0 bridgehead atoms. The molecule has 0 saturated heterocycles. The number of halogens is 1. The molecule has 1 aromatic rings. The maximum atomic E-state index is 5.94. The topological polar surface area (TPSA) is 18.5 Å². The Morgan fingerprint density at radius 1 is 1.14 bits per heavy atom. The van der Waals surface area contributed by atoms with E-state index >= 15 is 0 Å². The average Bonchev–Trinajstić information content (AvgIpc) is 2.39. The van der Waals surface area contributed by atoms with Crippen LogP contribution in [-0.2, 0) is 25.6 Å². The summed E-state index contributed by atoms with van der Waals surface area (Å²) in [6, 6.07) is 8.00. The van der Waals surface area contributed by atoms with Crippen LogP contribution in [0.3, 0.4) is 0 Å². The van der Waals surface area contributed by atoms with Crippen LogP contribution in [0.4, 0.5) is 0 Å². The van der Waals surface area contributed by atoms with Gasteiger partial charge in [-0.25, -0.2) is 0 Å². The molecule has 1 rings (SSSR count). The van der Waals surface area contributed by atoms with E-state index in [1.54, 1.807) is 11.4 Å². The summed E-state index contributed by atoms with van der Waals surface area (Å²) in [5.41, 5.74) is -0.948. The molecule has 0 amide bonds. The number of hydrogen-bond donors (Lipinski definition) is 0. The second kappa shape index (κ2) is 9.17. The molecule has 2 nitrogen and oxygen atoms in total. The second-order valence-corrected chi connectivity index (χ2v) is 13.4. The van der Waals surface area contributed by atoms with Crippen LogP contribution >= 0.6 is 40.4 Å². The van der Waals surface area contributed by atoms with Gasteiger partial charge in [-0.2, -0.15) is 0 Å². The molecule has 0 saturated carbocycles. The van der Waals surface area contributed by atoms with E-state index in [-0.39, 0.29) is 4.75 Å². The Labute approximate surface area is 146 Å². The summed E-state index contributed by atoms with van der Waals surface area (Å²) < 4.78 is 11.3. The molecule has 0 atom stereocenters. The summed E-state index contributed by atoms with van der Waals surface area (Å²) in [5.74, 6) is 0. The molecule has 0 aromatic heterocycles. The molecule has 0 aliphatic carbocycles. The largest absolute Gasteiger partial charge is 0.322 e. The number of rotatable bonds is 9. The normalized spacial score (nSPS) is 12.6. The van der Waals surface area contributed by atoms with Crippen molar-refractivity contribution in [1.82, 2.24) is 0 Å². The molecule has 1 aromatic carbocycles. The van der Waals surface area contributed by atoms with Crippen molar-refractivity contribution in [3.05, 3.63) is 34.9 Å². The number of benzene rings is 1. The standard InChI is InChI=1S/C14H22ClO2PS3/c1-5-16-18(19,17-6-2)21-11-20-14(3,4)12-7-9-13(15)10-8-12/h7-10H,5-6,11H2,1-4H3. The van der Waals surface area contributed by atoms with Crippen LogP contribution in [0.5, 0.6) is 0 Å². The minimum Gasteiger partial charge on any atom is -0.322 e. The van der Waals surface area contributed by atoms with E-state index in [1.807, 2.05) is 37.7 Å². The van der Waals surface area contributed by atoms with E-state index < -0.39 is 5.69 Å². The zero-order valence-electron chi connectivity index (χ0n) is 12.8. The SMILES string of the molecule is CCOP(=S)(OCC)SCSC(C)(C)c1ccc(Cl)cc1. The lowest BCUT2D eigenvalue weighted by atomic mass is 10.0. The summed E-state index contributed by atoms with van der Waals surface area (Å²) in [4.78, 5) is 0. The van der Waals surface area contributed by atoms with E-state index in [9.17, 15) is 0 Å². The van der Waals surface area contributed by atoms with Gasteiger partial charge in [-0.05, 0) is 57.2 Å². The van der Waals surface area contributed by atoms with Crippen molar-refractivity contribution in [3.8, 4) is 0 Å². The Balaban J connectivity index is 2.60. The fourth-order valence-electron chi connectivity index (χ4n) is 1.60. The summed E-state index contributed by atoms with van der Waals surface area (Å²) in [6.45, 7) is 9.49. The maximum absolute atomic E-state index is 5.94. The van der Waals surface area contributed by atoms with Gasteiger partial charge < -0.3 is 9.05 Å². The highest BCUT2D eigenvalue weighted by Crippen LogP contribution is 2.62. The zero-order chi connectivity index (χ0) is 15.9. The van der Waals surface area contributed by atoms with Crippen LogP contribution in [-0.4, -0.2) is 18.3 Å². The van der Waals surface area contributed by atoms with Crippen LogP contribution in [0, 0.1) is 0 Å². The summed E-state index contributed by atoms with van der Waals surface area (Å²) in [5, 5.41) is 1.60. The highest BCUT2D eigenvalue weighted by atomic mass is 35.5. The third-order valence-corrected chi connectivity index (χ3v) is 10.4. The van der Waals surface area contributed by atoms with Crippen LogP contribution in [0.15, 0.2) is 24.3 Å². The lowest BCUT2D eigenvalue weighted by molar-refractivity contribution is 0.280. The van der Waals surface area contributed by atoms with Gasteiger partial charge in [-0.1, -0.05) is 35.1 Å². The van der Waals surface area contributed by atoms with Gasteiger partial charge in [-0.15, -0.1) is 11.8 Å². The van der Waals surface area contributed by atoms with Crippen molar-refractivity contribution in [2.24, 2.45) is 0 Å². The monoisotopic (exact) mass is 384 g/mol. The van der Waals surface area contributed by atoms with Gasteiger partial charge in [0.1, 0.15) is 0 Å². The van der Waals surface area contributed by atoms with Crippen LogP contribution in [0.25, 0.3) is 0 Å². The van der Waals surface area contributed by atoms with Crippen molar-refractivity contribution < 1.29 is 9.05 Å². The van der Waals surface area contributed by atoms with Crippen LogP contribution in [0.1, 0.15) is 33.3 Å². The van der Waals surface area contributed by atoms with Crippen LogP contribution < -0.4 is 0 Å². The Bertz CT molecular complexity index is 470. The number of thioether (sulfide) groups is 1. The molecule has 0 spiro atoms. The fraction of sp³-hybridized carbons (Fsp3) is 0.571. The first-order valence-electron chi connectivity index (χ1n) is 6.76. The van der Waals surface area contributed by atoms with E-state index in [0.717, 1.165) is 10.1 Å². The van der Waals surface area contributed by atoms with E-state index in [0.29, 0.717) is 13.2 Å². The van der Waals surface area contributed by atoms with Crippen molar-refractivity contribution in [1.29, 1.82) is 0 Å². The molecule has 0 fully saturated rings. The maximum Gasteiger partial charge on any atom is 0.248 e. The third-order valence-electron chi connectivity index (χ3n) is 2.74. The van der Waals surface area contributed by atoms with Crippen molar-refractivity contribution in [2.75, 3.05) is 18.3 Å². The second-order valence-electron chi connectivity index (χ2n) is 4.69. The van der Waals surface area contributed by atoms with E-state index in [4.69, 9.17) is 32.5 Å². The fourth-order valence-corrected chi connectivity index (χ4v) is 9.30. The summed E-state index contributed by atoms with van der Waals surface area (Å²) >= 11 is 14.9. The highest BCUT2D eigenvalue weighted by Gasteiger charge is 2.24. The molecule has 21 heavy (non-hydrogen) atoms. The van der Waals surface area contributed by atoms with Crippen molar-refractivity contribution in [2.45, 2.75) is 32.4 Å². The molecule has 120 valence electrons. The molecule has 0 aliphatic heterocycles. The first kappa shape index (κ1) is 19.8. The molecule has 0 radical (unpaired) electrons. The molecule has 7 heteroatoms. The number of hydrogen-bond acceptors (Lipinski definition) is 5. The zero-order valence-corrected chi connectivity index (χ0v) is 16.9. The molecular weight excluding hydrogens is 363 g/mol. The molecule has 0 unspecified atom stereocenters.